The standard InChI is InChI=1S/C42H34N4O5S/c1-28(47)43-32-17-19-33(20-18-32)45-42(50)39(30-13-7-3-8-14-30)52-36-24-21-34(22-25-36)44-41(49)37(46-40(48)31-15-9-4-10-16-31)27-35-23-26-38(51-35)29-11-5-2-6-12-29/h2-27,39H,1H3,(H,43,47)(H,44,49)(H,45,50)(H,46,48)/b37-27+/t39-/m1/s1. The molecule has 6 rings (SSSR count). The lowest BCUT2D eigenvalue weighted by Crippen LogP contribution is -2.30. The lowest BCUT2D eigenvalue weighted by Gasteiger charge is -2.18. The Labute approximate surface area is 305 Å². The van der Waals surface area contributed by atoms with Gasteiger partial charge in [0.15, 0.2) is 0 Å². The number of hydrogen-bond donors (Lipinski definition) is 4. The Morgan fingerprint density at radius 1 is 0.615 bits per heavy atom. The van der Waals surface area contributed by atoms with Crippen LogP contribution in [-0.4, -0.2) is 23.6 Å². The van der Waals surface area contributed by atoms with Gasteiger partial charge < -0.3 is 25.7 Å². The van der Waals surface area contributed by atoms with Crippen LogP contribution < -0.4 is 21.3 Å². The zero-order chi connectivity index (χ0) is 36.3. The average molecular weight is 707 g/mol. The predicted molar refractivity (Wildman–Crippen MR) is 206 cm³/mol. The molecule has 0 aliphatic rings. The molecule has 0 saturated carbocycles. The zero-order valence-electron chi connectivity index (χ0n) is 28.0. The molecule has 9 nitrogen and oxygen atoms in total. The molecule has 0 saturated heterocycles. The molecule has 0 bridgehead atoms. The van der Waals surface area contributed by atoms with Crippen molar-refractivity contribution in [3.05, 3.63) is 174 Å². The molecule has 4 amide bonds. The summed E-state index contributed by atoms with van der Waals surface area (Å²) in [5.41, 5.74) is 3.79. The lowest BCUT2D eigenvalue weighted by molar-refractivity contribution is -0.116. The number of carbonyl (C=O) groups excluding carboxylic acids is 4. The average Bonchev–Trinajstić information content (AvgIpc) is 3.64. The molecule has 0 radical (unpaired) electrons. The molecule has 0 fully saturated rings. The predicted octanol–water partition coefficient (Wildman–Crippen LogP) is 8.79. The van der Waals surface area contributed by atoms with Crippen molar-refractivity contribution in [3.63, 3.8) is 0 Å². The van der Waals surface area contributed by atoms with E-state index in [4.69, 9.17) is 4.42 Å². The van der Waals surface area contributed by atoms with Gasteiger partial charge in [-0.1, -0.05) is 78.9 Å². The Hall–Kier alpha value is -6.65. The topological polar surface area (TPSA) is 130 Å². The molecule has 5 aromatic carbocycles. The fourth-order valence-electron chi connectivity index (χ4n) is 5.17. The van der Waals surface area contributed by atoms with Crippen LogP contribution in [0.4, 0.5) is 17.1 Å². The summed E-state index contributed by atoms with van der Waals surface area (Å²) in [6.07, 6.45) is 1.49. The molecule has 10 heteroatoms. The van der Waals surface area contributed by atoms with E-state index in [0.29, 0.717) is 34.1 Å². The number of furan rings is 1. The first-order valence-electron chi connectivity index (χ1n) is 16.4. The highest BCUT2D eigenvalue weighted by Crippen LogP contribution is 2.37. The summed E-state index contributed by atoms with van der Waals surface area (Å²) < 4.78 is 5.99. The van der Waals surface area contributed by atoms with Gasteiger partial charge in [0.1, 0.15) is 22.5 Å². The van der Waals surface area contributed by atoms with E-state index >= 15 is 0 Å². The minimum Gasteiger partial charge on any atom is -0.457 e. The van der Waals surface area contributed by atoms with Crippen molar-refractivity contribution in [1.82, 2.24) is 5.32 Å². The molecular weight excluding hydrogens is 673 g/mol. The number of benzene rings is 5. The summed E-state index contributed by atoms with van der Waals surface area (Å²) >= 11 is 1.36. The van der Waals surface area contributed by atoms with Crippen molar-refractivity contribution in [3.8, 4) is 11.3 Å². The van der Waals surface area contributed by atoms with Gasteiger partial charge >= 0.3 is 0 Å². The highest BCUT2D eigenvalue weighted by atomic mass is 32.2. The summed E-state index contributed by atoms with van der Waals surface area (Å²) in [6.45, 7) is 1.43. The number of rotatable bonds is 12. The molecular formula is C42H34N4O5S. The number of hydrogen-bond acceptors (Lipinski definition) is 6. The van der Waals surface area contributed by atoms with E-state index in [1.807, 2.05) is 72.8 Å². The molecule has 0 aliphatic heterocycles. The normalized spacial score (nSPS) is 11.6. The minimum absolute atomic E-state index is 0.00723. The van der Waals surface area contributed by atoms with Crippen LogP contribution >= 0.6 is 11.8 Å². The first kappa shape index (κ1) is 35.2. The Morgan fingerprint density at radius 2 is 1.17 bits per heavy atom. The first-order valence-corrected chi connectivity index (χ1v) is 17.2. The second-order valence-electron chi connectivity index (χ2n) is 11.6. The third kappa shape index (κ3) is 9.52. The van der Waals surface area contributed by atoms with Crippen molar-refractivity contribution >= 4 is 58.5 Å². The summed E-state index contributed by atoms with van der Waals surface area (Å²) in [5.74, 6) is -0.389. The Bertz CT molecular complexity index is 2190. The molecule has 1 heterocycles. The Kier molecular flexibility index (Phi) is 11.4. The smallest absolute Gasteiger partial charge is 0.272 e. The number of thioether (sulfide) groups is 1. The van der Waals surface area contributed by atoms with Crippen LogP contribution in [0.3, 0.4) is 0 Å². The van der Waals surface area contributed by atoms with Crippen LogP contribution in [-0.2, 0) is 14.4 Å². The second-order valence-corrected chi connectivity index (χ2v) is 12.8. The number of nitrogens with one attached hydrogen (secondary N) is 4. The number of amides is 4. The van der Waals surface area contributed by atoms with E-state index in [-0.39, 0.29) is 17.5 Å². The molecule has 1 aromatic heterocycles. The van der Waals surface area contributed by atoms with Gasteiger partial charge in [-0.3, -0.25) is 19.2 Å². The lowest BCUT2D eigenvalue weighted by atomic mass is 10.1. The van der Waals surface area contributed by atoms with Crippen LogP contribution in [0.1, 0.15) is 33.9 Å². The highest BCUT2D eigenvalue weighted by Gasteiger charge is 2.23. The largest absolute Gasteiger partial charge is 0.457 e. The summed E-state index contributed by atoms with van der Waals surface area (Å²) in [6, 6.07) is 45.2. The van der Waals surface area contributed by atoms with E-state index in [2.05, 4.69) is 21.3 Å². The van der Waals surface area contributed by atoms with E-state index in [9.17, 15) is 19.2 Å². The Morgan fingerprint density at radius 3 is 1.81 bits per heavy atom. The van der Waals surface area contributed by atoms with E-state index < -0.39 is 17.1 Å². The molecule has 0 spiro atoms. The summed E-state index contributed by atoms with van der Waals surface area (Å²) in [7, 11) is 0. The SMILES string of the molecule is CC(=O)Nc1ccc(NC(=O)[C@H](Sc2ccc(NC(=O)/C(=C\c3ccc(-c4ccccc4)o3)NC(=O)c3ccccc3)cc2)c2ccccc2)cc1. The van der Waals surface area contributed by atoms with E-state index in [0.717, 1.165) is 16.0 Å². The monoisotopic (exact) mass is 706 g/mol. The van der Waals surface area contributed by atoms with Crippen molar-refractivity contribution in [2.75, 3.05) is 16.0 Å². The molecule has 258 valence electrons. The van der Waals surface area contributed by atoms with Crippen molar-refractivity contribution < 1.29 is 23.6 Å². The number of carbonyl (C=O) groups is 4. The van der Waals surface area contributed by atoms with E-state index in [1.165, 1.54) is 24.8 Å². The maximum atomic E-state index is 13.6. The van der Waals surface area contributed by atoms with Crippen molar-refractivity contribution in [1.29, 1.82) is 0 Å². The van der Waals surface area contributed by atoms with Gasteiger partial charge in [-0.15, -0.1) is 11.8 Å². The fourth-order valence-corrected chi connectivity index (χ4v) is 6.20. The van der Waals surface area contributed by atoms with Gasteiger partial charge in [0.25, 0.3) is 11.8 Å². The third-order valence-electron chi connectivity index (χ3n) is 7.68. The van der Waals surface area contributed by atoms with Gasteiger partial charge in [0, 0.05) is 46.1 Å². The first-order chi connectivity index (χ1) is 25.3. The van der Waals surface area contributed by atoms with Crippen LogP contribution in [0.25, 0.3) is 17.4 Å². The molecule has 4 N–H and O–H groups in total. The van der Waals surface area contributed by atoms with Crippen molar-refractivity contribution in [2.45, 2.75) is 17.1 Å². The van der Waals surface area contributed by atoms with Gasteiger partial charge in [0.2, 0.25) is 11.8 Å². The Balaban J connectivity index is 1.18. The maximum Gasteiger partial charge on any atom is 0.272 e. The van der Waals surface area contributed by atoms with Crippen molar-refractivity contribution in [2.24, 2.45) is 0 Å². The molecule has 6 aromatic rings. The molecule has 52 heavy (non-hydrogen) atoms. The highest BCUT2D eigenvalue weighted by molar-refractivity contribution is 8.00. The second kappa shape index (κ2) is 16.8. The fraction of sp³-hybridized carbons (Fsp3) is 0.0476. The number of anilines is 3. The zero-order valence-corrected chi connectivity index (χ0v) is 28.9. The van der Waals surface area contributed by atoms with E-state index in [1.54, 1.807) is 78.9 Å². The van der Waals surface area contributed by atoms with Gasteiger partial charge in [-0.05, 0) is 78.4 Å². The summed E-state index contributed by atoms with van der Waals surface area (Å²) in [4.78, 5) is 52.5. The van der Waals surface area contributed by atoms with Gasteiger partial charge in [0.05, 0.1) is 0 Å². The third-order valence-corrected chi connectivity index (χ3v) is 8.95. The minimum atomic E-state index is -0.589. The molecule has 1 atom stereocenters. The van der Waals surface area contributed by atoms with Gasteiger partial charge in [-0.2, -0.15) is 0 Å². The summed E-state index contributed by atoms with van der Waals surface area (Å²) in [5, 5.41) is 10.7. The quantitative estimate of drug-likeness (QED) is 0.0744. The van der Waals surface area contributed by atoms with Crippen LogP contribution in [0.15, 0.2) is 167 Å². The molecule has 0 aliphatic carbocycles. The molecule has 0 unspecified atom stereocenters. The van der Waals surface area contributed by atoms with Crippen LogP contribution in [0.2, 0.25) is 0 Å². The van der Waals surface area contributed by atoms with Crippen LogP contribution in [0, 0.1) is 0 Å². The van der Waals surface area contributed by atoms with Gasteiger partial charge in [-0.25, -0.2) is 0 Å². The van der Waals surface area contributed by atoms with Crippen LogP contribution in [0.5, 0.6) is 0 Å². The maximum absolute atomic E-state index is 13.6.